The maximum atomic E-state index is 5.73. The molecule has 0 spiro atoms. The van der Waals surface area contributed by atoms with Crippen molar-refractivity contribution in [1.82, 2.24) is 0 Å². The van der Waals surface area contributed by atoms with Gasteiger partial charge in [-0.2, -0.15) is 0 Å². The standard InChI is InChI=1S/C51H32OSe/c1-31-29-52-30-45(31)50-40-22-11-9-20-38(40)49(39-21-10-12-23-41(39)50)43-25-13-24-42-44-28-33(26-27-46(44)53-51(42)43)48-36-18-7-5-16-34(36)47(32-14-3-2-4-15-32)35-17-6-8-19-37(35)48/h2-30H,1H3. The molecule has 1 nitrogen and oxygen atoms in total. The van der Waals surface area contributed by atoms with Crippen molar-refractivity contribution in [3.63, 3.8) is 0 Å². The normalized spacial score (nSPS) is 11.9. The molecular weight excluding hydrogens is 708 g/mol. The fraction of sp³-hybridized carbons (Fsp3) is 0.0196. The van der Waals surface area contributed by atoms with Gasteiger partial charge in [-0.25, -0.2) is 0 Å². The monoisotopic (exact) mass is 740 g/mol. The summed E-state index contributed by atoms with van der Waals surface area (Å²) in [5.74, 6) is 0. The van der Waals surface area contributed by atoms with E-state index in [1.807, 2.05) is 12.5 Å². The zero-order chi connectivity index (χ0) is 35.0. The molecule has 0 saturated heterocycles. The molecule has 2 heteroatoms. The first-order valence-electron chi connectivity index (χ1n) is 18.2. The minimum atomic E-state index is 0.156. The van der Waals surface area contributed by atoms with E-state index in [0.717, 1.165) is 11.1 Å². The fourth-order valence-corrected chi connectivity index (χ4v) is 11.4. The van der Waals surface area contributed by atoms with Gasteiger partial charge in [0.1, 0.15) is 0 Å². The van der Waals surface area contributed by atoms with Gasteiger partial charge in [0.25, 0.3) is 0 Å². The molecule has 0 bridgehead atoms. The van der Waals surface area contributed by atoms with Crippen molar-refractivity contribution in [1.29, 1.82) is 0 Å². The zero-order valence-corrected chi connectivity index (χ0v) is 30.8. The van der Waals surface area contributed by atoms with Crippen molar-refractivity contribution in [2.75, 3.05) is 0 Å². The van der Waals surface area contributed by atoms with Crippen molar-refractivity contribution < 1.29 is 4.42 Å². The fourth-order valence-electron chi connectivity index (χ4n) is 8.83. The summed E-state index contributed by atoms with van der Waals surface area (Å²) in [5, 5.41) is 12.9. The third-order valence-corrected chi connectivity index (χ3v) is 13.7. The predicted molar refractivity (Wildman–Crippen MR) is 227 cm³/mol. The molecular formula is C51H32OSe. The van der Waals surface area contributed by atoms with Crippen LogP contribution in [0.25, 0.3) is 107 Å². The van der Waals surface area contributed by atoms with Crippen LogP contribution in [0.15, 0.2) is 181 Å². The first-order chi connectivity index (χ1) is 26.2. The second kappa shape index (κ2) is 11.9. The Kier molecular flexibility index (Phi) is 6.86. The molecule has 0 saturated carbocycles. The molecule has 0 fully saturated rings. The molecule has 0 aliphatic heterocycles. The van der Waals surface area contributed by atoms with Crippen LogP contribution >= 0.6 is 0 Å². The van der Waals surface area contributed by atoms with Crippen molar-refractivity contribution in [2.45, 2.75) is 6.92 Å². The molecule has 0 amide bonds. The Morgan fingerprint density at radius 2 is 0.830 bits per heavy atom. The van der Waals surface area contributed by atoms with Gasteiger partial charge in [-0.05, 0) is 0 Å². The molecule has 0 radical (unpaired) electrons. The Labute approximate surface area is 313 Å². The van der Waals surface area contributed by atoms with Crippen LogP contribution in [0.1, 0.15) is 5.56 Å². The number of furan rings is 1. The molecule has 0 aliphatic rings. The molecule has 0 N–H and O–H groups in total. The predicted octanol–water partition coefficient (Wildman–Crippen LogP) is 14.2. The van der Waals surface area contributed by atoms with E-state index in [1.165, 1.54) is 101 Å². The van der Waals surface area contributed by atoms with E-state index in [1.54, 1.807) is 0 Å². The van der Waals surface area contributed by atoms with Crippen LogP contribution < -0.4 is 0 Å². The first kappa shape index (κ1) is 30.4. The second-order valence-corrected chi connectivity index (χ2v) is 16.2. The van der Waals surface area contributed by atoms with Crippen LogP contribution in [0, 0.1) is 6.92 Å². The van der Waals surface area contributed by atoms with Crippen LogP contribution in [0.2, 0.25) is 0 Å². The molecule has 2 heterocycles. The van der Waals surface area contributed by atoms with Crippen LogP contribution in [0.3, 0.4) is 0 Å². The molecule has 2 aromatic heterocycles. The van der Waals surface area contributed by atoms with E-state index >= 15 is 0 Å². The summed E-state index contributed by atoms with van der Waals surface area (Å²) in [6.07, 6.45) is 3.76. The molecule has 0 aliphatic carbocycles. The molecule has 11 rings (SSSR count). The van der Waals surface area contributed by atoms with Gasteiger partial charge < -0.3 is 0 Å². The van der Waals surface area contributed by atoms with Gasteiger partial charge in [-0.3, -0.25) is 0 Å². The molecule has 9 aromatic carbocycles. The van der Waals surface area contributed by atoms with Crippen molar-refractivity contribution in [3.05, 3.63) is 182 Å². The number of hydrogen-bond donors (Lipinski definition) is 0. The second-order valence-electron chi connectivity index (χ2n) is 14.0. The number of hydrogen-bond acceptors (Lipinski definition) is 1. The summed E-state index contributed by atoms with van der Waals surface area (Å²) in [5.41, 5.74) is 11.3. The summed E-state index contributed by atoms with van der Waals surface area (Å²) in [6, 6.07) is 60.8. The van der Waals surface area contributed by atoms with E-state index in [2.05, 4.69) is 171 Å². The maximum absolute atomic E-state index is 5.73. The van der Waals surface area contributed by atoms with Crippen LogP contribution in [0.5, 0.6) is 0 Å². The summed E-state index contributed by atoms with van der Waals surface area (Å²) in [6.45, 7) is 2.14. The van der Waals surface area contributed by atoms with E-state index in [4.69, 9.17) is 4.42 Å². The Balaban J connectivity index is 1.18. The molecule has 0 atom stereocenters. The quantitative estimate of drug-likeness (QED) is 0.129. The summed E-state index contributed by atoms with van der Waals surface area (Å²) in [4.78, 5) is 0. The Bertz CT molecular complexity index is 3120. The zero-order valence-electron chi connectivity index (χ0n) is 29.1. The van der Waals surface area contributed by atoms with Crippen molar-refractivity contribution >= 4 is 76.9 Å². The SMILES string of the molecule is Cc1cocc1-c1c2ccccc2c(-c2cccc3c2[se]c2ccc(-c4c5ccccc5c(-c5ccccc5)c5ccccc45)cc23)c2ccccc12. The van der Waals surface area contributed by atoms with Gasteiger partial charge in [-0.1, -0.05) is 0 Å². The number of aryl methyl sites for hydroxylation is 1. The third kappa shape index (κ3) is 4.57. The summed E-state index contributed by atoms with van der Waals surface area (Å²) < 4.78 is 8.63. The summed E-state index contributed by atoms with van der Waals surface area (Å²) >= 11 is 0.156. The topological polar surface area (TPSA) is 13.1 Å². The van der Waals surface area contributed by atoms with Crippen LogP contribution in [-0.4, -0.2) is 14.5 Å². The average molecular weight is 740 g/mol. The number of fused-ring (bicyclic) bond motifs is 7. The molecule has 53 heavy (non-hydrogen) atoms. The Morgan fingerprint density at radius 1 is 0.358 bits per heavy atom. The van der Waals surface area contributed by atoms with E-state index in [9.17, 15) is 0 Å². The van der Waals surface area contributed by atoms with Crippen molar-refractivity contribution in [2.24, 2.45) is 0 Å². The summed E-state index contributed by atoms with van der Waals surface area (Å²) in [7, 11) is 0. The first-order valence-corrected chi connectivity index (χ1v) is 19.9. The van der Waals surface area contributed by atoms with Gasteiger partial charge in [0.15, 0.2) is 0 Å². The third-order valence-electron chi connectivity index (χ3n) is 11.1. The molecule has 0 unspecified atom stereocenters. The van der Waals surface area contributed by atoms with Gasteiger partial charge in [-0.15, -0.1) is 0 Å². The van der Waals surface area contributed by atoms with Crippen molar-refractivity contribution in [3.8, 4) is 44.5 Å². The Hall–Kier alpha value is -6.18. The van der Waals surface area contributed by atoms with E-state index < -0.39 is 0 Å². The number of rotatable bonds is 4. The molecule has 11 aromatic rings. The molecule has 248 valence electrons. The van der Waals surface area contributed by atoms with Gasteiger partial charge >= 0.3 is 315 Å². The minimum absolute atomic E-state index is 0.156. The van der Waals surface area contributed by atoms with Gasteiger partial charge in [0.2, 0.25) is 0 Å². The van der Waals surface area contributed by atoms with Crippen LogP contribution in [0.4, 0.5) is 0 Å². The van der Waals surface area contributed by atoms with E-state index in [-0.39, 0.29) is 14.5 Å². The van der Waals surface area contributed by atoms with Gasteiger partial charge in [0, 0.05) is 0 Å². The van der Waals surface area contributed by atoms with Crippen LogP contribution in [-0.2, 0) is 0 Å². The number of benzene rings is 9. The van der Waals surface area contributed by atoms with Gasteiger partial charge in [0.05, 0.1) is 0 Å². The Morgan fingerprint density at radius 3 is 1.36 bits per heavy atom. The average Bonchev–Trinajstić information content (AvgIpc) is 3.82. The van der Waals surface area contributed by atoms with E-state index in [0.29, 0.717) is 0 Å².